The van der Waals surface area contributed by atoms with Crippen molar-refractivity contribution >= 4 is 0 Å². The molecule has 1 fully saturated rings. The molecule has 0 unspecified atom stereocenters. The molecule has 2 nitrogen and oxygen atoms in total. The van der Waals surface area contributed by atoms with Gasteiger partial charge in [-0.15, -0.1) is 0 Å². The second-order valence-electron chi connectivity index (χ2n) is 4.08. The molecule has 0 amide bonds. The van der Waals surface area contributed by atoms with Crippen molar-refractivity contribution in [1.29, 1.82) is 0 Å². The zero-order valence-corrected chi connectivity index (χ0v) is 7.45. The summed E-state index contributed by atoms with van der Waals surface area (Å²) in [6.45, 7) is 2.40. The van der Waals surface area contributed by atoms with Crippen LogP contribution in [0.5, 0.6) is 0 Å². The van der Waals surface area contributed by atoms with Crippen LogP contribution in [0, 0.1) is 17.8 Å². The fourth-order valence-corrected chi connectivity index (χ4v) is 2.59. The van der Waals surface area contributed by atoms with E-state index in [1.807, 2.05) is 0 Å². The predicted octanol–water partition coefficient (Wildman–Crippen LogP) is -0.246. The Morgan fingerprint density at radius 1 is 1.33 bits per heavy atom. The average molecular weight is 168 g/mol. The summed E-state index contributed by atoms with van der Waals surface area (Å²) < 4.78 is 0. The van der Waals surface area contributed by atoms with Crippen molar-refractivity contribution < 1.29 is 10.4 Å². The van der Waals surface area contributed by atoms with E-state index in [9.17, 15) is 0 Å². The lowest BCUT2D eigenvalue weighted by Gasteiger charge is -2.15. The molecule has 2 aliphatic rings. The monoisotopic (exact) mass is 168 g/mol. The third-order valence-corrected chi connectivity index (χ3v) is 3.22. The molecule has 68 valence electrons. The van der Waals surface area contributed by atoms with Crippen LogP contribution in [-0.2, 0) is 0 Å². The van der Waals surface area contributed by atoms with Crippen LogP contribution in [0.3, 0.4) is 0 Å². The third kappa shape index (κ3) is 1.54. The smallest absolute Gasteiger partial charge is 0.0990 e. The summed E-state index contributed by atoms with van der Waals surface area (Å²) in [5, 5.41) is 10.9. The van der Waals surface area contributed by atoms with E-state index in [0.29, 0.717) is 6.61 Å². The lowest BCUT2D eigenvalue weighted by molar-refractivity contribution is -0.662. The van der Waals surface area contributed by atoms with Gasteiger partial charge in [-0.25, -0.2) is 0 Å². The zero-order valence-electron chi connectivity index (χ0n) is 7.45. The van der Waals surface area contributed by atoms with Crippen LogP contribution < -0.4 is 5.32 Å². The summed E-state index contributed by atoms with van der Waals surface area (Å²) in [5.41, 5.74) is 0. The number of rotatable bonds is 4. The van der Waals surface area contributed by atoms with Gasteiger partial charge in [-0.2, -0.15) is 0 Å². The zero-order chi connectivity index (χ0) is 8.39. The van der Waals surface area contributed by atoms with Crippen LogP contribution in [0.1, 0.15) is 12.8 Å². The number of nitrogens with two attached hydrogens (primary N) is 1. The van der Waals surface area contributed by atoms with Crippen molar-refractivity contribution in [2.24, 2.45) is 17.8 Å². The van der Waals surface area contributed by atoms with Gasteiger partial charge in [-0.3, -0.25) is 0 Å². The summed E-state index contributed by atoms with van der Waals surface area (Å²) in [4.78, 5) is 0. The van der Waals surface area contributed by atoms with Crippen molar-refractivity contribution in [2.75, 3.05) is 19.7 Å². The average Bonchev–Trinajstić information content (AvgIpc) is 2.65. The Kier molecular flexibility index (Phi) is 2.47. The normalized spacial score (nSPS) is 37.9. The largest absolute Gasteiger partial charge is 0.391 e. The molecule has 2 rings (SSSR count). The predicted molar refractivity (Wildman–Crippen MR) is 47.6 cm³/mol. The number of aliphatic hydroxyl groups is 1. The highest BCUT2D eigenvalue weighted by Gasteiger charge is 2.36. The minimum atomic E-state index is 0.316. The van der Waals surface area contributed by atoms with Crippen LogP contribution in [-0.4, -0.2) is 24.8 Å². The van der Waals surface area contributed by atoms with Gasteiger partial charge >= 0.3 is 0 Å². The highest BCUT2D eigenvalue weighted by Crippen LogP contribution is 2.42. The van der Waals surface area contributed by atoms with Crippen molar-refractivity contribution in [1.82, 2.24) is 0 Å². The molecule has 0 aliphatic heterocycles. The molecule has 12 heavy (non-hydrogen) atoms. The second-order valence-corrected chi connectivity index (χ2v) is 4.08. The molecule has 0 spiro atoms. The lowest BCUT2D eigenvalue weighted by atomic mass is 9.94. The second kappa shape index (κ2) is 3.58. The van der Waals surface area contributed by atoms with Gasteiger partial charge in [-0.05, 0) is 24.7 Å². The van der Waals surface area contributed by atoms with Gasteiger partial charge in [0.05, 0.1) is 19.7 Å². The Morgan fingerprint density at radius 3 is 2.83 bits per heavy atom. The van der Waals surface area contributed by atoms with Gasteiger partial charge in [0, 0.05) is 5.92 Å². The van der Waals surface area contributed by atoms with Gasteiger partial charge in [0.1, 0.15) is 0 Å². The van der Waals surface area contributed by atoms with Crippen LogP contribution in [0.4, 0.5) is 0 Å². The maximum atomic E-state index is 8.63. The molecule has 0 saturated heterocycles. The molecule has 0 aromatic carbocycles. The molecule has 0 heterocycles. The Balaban J connectivity index is 1.73. The van der Waals surface area contributed by atoms with Crippen LogP contribution >= 0.6 is 0 Å². The molecule has 2 bridgehead atoms. The van der Waals surface area contributed by atoms with E-state index in [0.717, 1.165) is 24.3 Å². The first kappa shape index (κ1) is 8.27. The van der Waals surface area contributed by atoms with E-state index in [1.165, 1.54) is 19.4 Å². The lowest BCUT2D eigenvalue weighted by Crippen LogP contribution is -2.86. The van der Waals surface area contributed by atoms with E-state index < -0.39 is 0 Å². The fourth-order valence-electron chi connectivity index (χ4n) is 2.59. The van der Waals surface area contributed by atoms with Gasteiger partial charge in [0.25, 0.3) is 0 Å². The Labute approximate surface area is 73.7 Å². The molecule has 3 atom stereocenters. The topological polar surface area (TPSA) is 36.8 Å². The van der Waals surface area contributed by atoms with Crippen LogP contribution in [0.2, 0.25) is 0 Å². The number of hydrogen-bond acceptors (Lipinski definition) is 1. The summed E-state index contributed by atoms with van der Waals surface area (Å²) in [6.07, 6.45) is 7.57. The van der Waals surface area contributed by atoms with Crippen LogP contribution in [0.25, 0.3) is 0 Å². The summed E-state index contributed by atoms with van der Waals surface area (Å²) >= 11 is 0. The summed E-state index contributed by atoms with van der Waals surface area (Å²) in [7, 11) is 0. The third-order valence-electron chi connectivity index (χ3n) is 3.22. The Morgan fingerprint density at radius 2 is 2.25 bits per heavy atom. The maximum Gasteiger partial charge on any atom is 0.0990 e. The van der Waals surface area contributed by atoms with E-state index in [4.69, 9.17) is 5.11 Å². The van der Waals surface area contributed by atoms with Crippen molar-refractivity contribution in [3.05, 3.63) is 12.2 Å². The summed E-state index contributed by atoms with van der Waals surface area (Å²) in [6, 6.07) is 0. The van der Waals surface area contributed by atoms with E-state index in [1.54, 1.807) is 0 Å². The molecule has 2 aliphatic carbocycles. The Hall–Kier alpha value is -0.340. The number of allylic oxidation sites excluding steroid dienone is 2. The van der Waals surface area contributed by atoms with E-state index in [2.05, 4.69) is 17.5 Å². The van der Waals surface area contributed by atoms with Crippen molar-refractivity contribution in [3.8, 4) is 0 Å². The first-order chi connectivity index (χ1) is 5.90. The molecular weight excluding hydrogens is 150 g/mol. The van der Waals surface area contributed by atoms with Gasteiger partial charge in [0.2, 0.25) is 0 Å². The first-order valence-electron chi connectivity index (χ1n) is 5.01. The highest BCUT2D eigenvalue weighted by molar-refractivity contribution is 5.09. The minimum Gasteiger partial charge on any atom is -0.391 e. The first-order valence-corrected chi connectivity index (χ1v) is 5.01. The molecule has 2 heteroatoms. The van der Waals surface area contributed by atoms with Crippen molar-refractivity contribution in [2.45, 2.75) is 12.8 Å². The van der Waals surface area contributed by atoms with E-state index in [-0.39, 0.29) is 0 Å². The molecule has 0 aromatic rings. The minimum absolute atomic E-state index is 0.316. The number of quaternary nitrogens is 1. The fraction of sp³-hybridized carbons (Fsp3) is 0.800. The summed E-state index contributed by atoms with van der Waals surface area (Å²) in [5.74, 6) is 2.65. The van der Waals surface area contributed by atoms with E-state index >= 15 is 0 Å². The van der Waals surface area contributed by atoms with Gasteiger partial charge in [0.15, 0.2) is 0 Å². The molecule has 0 aromatic heterocycles. The SMILES string of the molecule is OCC[NH2+]C[C@H]1C[C@H]2C=C[C@@H]1C2. The molecule has 3 N–H and O–H groups in total. The molecule has 1 saturated carbocycles. The van der Waals surface area contributed by atoms with Crippen LogP contribution in [0.15, 0.2) is 12.2 Å². The number of hydrogen-bond donors (Lipinski definition) is 2. The molecular formula is C10H18NO+. The number of aliphatic hydroxyl groups excluding tert-OH is 1. The number of fused-ring (bicyclic) bond motifs is 2. The standard InChI is InChI=1S/C10H17NO/c12-4-3-11-7-10-6-8-1-2-9(10)5-8/h1-2,8-12H,3-7H2/p+1/t8-,9+,10+/m0/s1. The Bertz CT molecular complexity index is 179. The van der Waals surface area contributed by atoms with Crippen molar-refractivity contribution in [3.63, 3.8) is 0 Å². The van der Waals surface area contributed by atoms with Gasteiger partial charge in [-0.1, -0.05) is 12.2 Å². The van der Waals surface area contributed by atoms with Gasteiger partial charge < -0.3 is 10.4 Å². The highest BCUT2D eigenvalue weighted by atomic mass is 16.3. The maximum absolute atomic E-state index is 8.63. The quantitative estimate of drug-likeness (QED) is 0.441. The molecule has 0 radical (unpaired) electrons.